The molecule has 6 nitrogen and oxygen atoms in total. The molecule has 1 aromatic carbocycles. The van der Waals surface area contributed by atoms with Gasteiger partial charge in [-0.2, -0.15) is 0 Å². The molecule has 0 unspecified atom stereocenters. The van der Waals surface area contributed by atoms with Gasteiger partial charge in [-0.25, -0.2) is 0 Å². The lowest BCUT2D eigenvalue weighted by Crippen LogP contribution is -2.49. The number of piperazine rings is 1. The summed E-state index contributed by atoms with van der Waals surface area (Å²) in [4.78, 5) is 30.0. The molecule has 2 aliphatic carbocycles. The summed E-state index contributed by atoms with van der Waals surface area (Å²) in [5, 5.41) is 0. The lowest BCUT2D eigenvalue weighted by molar-refractivity contribution is -0.144. The Balaban J connectivity index is 1.25. The first-order chi connectivity index (χ1) is 15.4. The first-order valence-corrected chi connectivity index (χ1v) is 11.7. The van der Waals surface area contributed by atoms with Crippen molar-refractivity contribution in [1.29, 1.82) is 0 Å². The standard InChI is InChI=1S/C26H32N2O4/c1-17-22(29)9-11-26(2)10-8-20-21(25(30)32-24(20)23(17)26)16-27-12-14-28(15-13-27)18-4-6-19(31-3)7-5-18/h4-7,9,11,20-21,24H,8,10,12-16H2,1-3H3/t20-,21+,24+,26-/m0/s1. The van der Waals surface area contributed by atoms with E-state index < -0.39 is 0 Å². The van der Waals surface area contributed by atoms with Crippen molar-refractivity contribution in [3.63, 3.8) is 0 Å². The second-order valence-electron chi connectivity index (χ2n) is 9.81. The van der Waals surface area contributed by atoms with Crippen molar-refractivity contribution in [3.05, 3.63) is 47.6 Å². The third-order valence-electron chi connectivity index (χ3n) is 7.99. The minimum Gasteiger partial charge on any atom is -0.497 e. The number of benzene rings is 1. The summed E-state index contributed by atoms with van der Waals surface area (Å²) in [5.74, 6) is 0.875. The number of allylic oxidation sites excluding steroid dienone is 3. The van der Waals surface area contributed by atoms with Crippen molar-refractivity contribution >= 4 is 17.4 Å². The van der Waals surface area contributed by atoms with E-state index in [1.54, 1.807) is 13.2 Å². The SMILES string of the molecule is COc1ccc(N2CCN(C[C@H]3C(=O)O[C@H]4C5=C(C)C(=O)C=C[C@]5(C)CC[C@@H]34)CC2)cc1. The minimum atomic E-state index is -0.249. The zero-order valence-electron chi connectivity index (χ0n) is 19.2. The minimum absolute atomic E-state index is 0.0484. The molecule has 0 N–H and O–H groups in total. The van der Waals surface area contributed by atoms with Crippen molar-refractivity contribution in [2.24, 2.45) is 17.3 Å². The fraction of sp³-hybridized carbons (Fsp3) is 0.538. The monoisotopic (exact) mass is 436 g/mol. The molecule has 0 aromatic heterocycles. The molecular formula is C26H32N2O4. The smallest absolute Gasteiger partial charge is 0.311 e. The van der Waals surface area contributed by atoms with Gasteiger partial charge < -0.3 is 14.4 Å². The normalized spacial score (nSPS) is 32.6. The van der Waals surface area contributed by atoms with Crippen LogP contribution >= 0.6 is 0 Å². The lowest BCUT2D eigenvalue weighted by atomic mass is 9.61. The van der Waals surface area contributed by atoms with Crippen LogP contribution in [-0.4, -0.2) is 62.6 Å². The molecule has 2 heterocycles. The lowest BCUT2D eigenvalue weighted by Gasteiger charge is -2.43. The maximum atomic E-state index is 12.9. The summed E-state index contributed by atoms with van der Waals surface area (Å²) >= 11 is 0. The van der Waals surface area contributed by atoms with E-state index in [0.717, 1.165) is 62.5 Å². The van der Waals surface area contributed by atoms with Gasteiger partial charge >= 0.3 is 5.97 Å². The van der Waals surface area contributed by atoms with Crippen LogP contribution < -0.4 is 9.64 Å². The molecule has 0 bridgehead atoms. The van der Waals surface area contributed by atoms with Crippen molar-refractivity contribution in [1.82, 2.24) is 4.90 Å². The van der Waals surface area contributed by atoms with Gasteiger partial charge in [0.2, 0.25) is 0 Å². The van der Waals surface area contributed by atoms with Crippen LogP contribution in [0.2, 0.25) is 0 Å². The Morgan fingerprint density at radius 3 is 2.53 bits per heavy atom. The summed E-state index contributed by atoms with van der Waals surface area (Å²) in [7, 11) is 1.68. The van der Waals surface area contributed by atoms with Crippen molar-refractivity contribution < 1.29 is 19.1 Å². The molecule has 1 saturated carbocycles. The van der Waals surface area contributed by atoms with E-state index >= 15 is 0 Å². The zero-order chi connectivity index (χ0) is 22.5. The quantitative estimate of drug-likeness (QED) is 0.676. The summed E-state index contributed by atoms with van der Waals surface area (Å²) < 4.78 is 11.2. The third-order valence-corrected chi connectivity index (χ3v) is 7.99. The molecule has 6 heteroatoms. The second kappa shape index (κ2) is 8.07. The van der Waals surface area contributed by atoms with Crippen LogP contribution in [0.15, 0.2) is 47.6 Å². The first-order valence-electron chi connectivity index (χ1n) is 11.7. The van der Waals surface area contributed by atoms with Crippen molar-refractivity contribution in [2.45, 2.75) is 32.8 Å². The number of carbonyl (C=O) groups is 2. The van der Waals surface area contributed by atoms with Gasteiger partial charge in [-0.15, -0.1) is 0 Å². The molecule has 2 aliphatic heterocycles. The predicted molar refractivity (Wildman–Crippen MR) is 123 cm³/mol. The average molecular weight is 437 g/mol. The van der Waals surface area contributed by atoms with Gasteiger partial charge in [0.05, 0.1) is 13.0 Å². The number of nitrogens with zero attached hydrogens (tertiary/aromatic N) is 2. The highest BCUT2D eigenvalue weighted by Crippen LogP contribution is 2.53. The Labute approximate surface area is 189 Å². The van der Waals surface area contributed by atoms with Crippen LogP contribution in [0.4, 0.5) is 5.69 Å². The fourth-order valence-corrected chi connectivity index (χ4v) is 6.04. The summed E-state index contributed by atoms with van der Waals surface area (Å²) in [6.45, 7) is 8.52. The first kappa shape index (κ1) is 21.3. The number of ether oxygens (including phenoxy) is 2. The highest BCUT2D eigenvalue weighted by Gasteiger charge is 2.54. The average Bonchev–Trinajstić information content (AvgIpc) is 3.11. The second-order valence-corrected chi connectivity index (χ2v) is 9.81. The molecule has 4 aliphatic rings. The van der Waals surface area contributed by atoms with Gasteiger partial charge in [-0.1, -0.05) is 13.0 Å². The number of rotatable bonds is 4. The van der Waals surface area contributed by atoms with Gasteiger partial charge in [-0.05, 0) is 55.7 Å². The number of esters is 1. The van der Waals surface area contributed by atoms with Crippen LogP contribution in [-0.2, 0) is 14.3 Å². The molecule has 2 saturated heterocycles. The van der Waals surface area contributed by atoms with E-state index in [9.17, 15) is 9.59 Å². The molecule has 0 spiro atoms. The Bertz CT molecular complexity index is 974. The summed E-state index contributed by atoms with van der Waals surface area (Å²) in [6.07, 6.45) is 5.38. The maximum Gasteiger partial charge on any atom is 0.311 e. The Morgan fingerprint density at radius 1 is 1.12 bits per heavy atom. The van der Waals surface area contributed by atoms with Gasteiger partial charge in [-0.3, -0.25) is 14.5 Å². The van der Waals surface area contributed by atoms with Gasteiger partial charge in [0.25, 0.3) is 0 Å². The van der Waals surface area contributed by atoms with E-state index in [2.05, 4.69) is 28.9 Å². The molecule has 3 fully saturated rings. The van der Waals surface area contributed by atoms with E-state index in [1.807, 2.05) is 25.1 Å². The van der Waals surface area contributed by atoms with Crippen LogP contribution in [0.5, 0.6) is 5.75 Å². The molecule has 0 radical (unpaired) electrons. The van der Waals surface area contributed by atoms with E-state index in [0.29, 0.717) is 0 Å². The zero-order valence-corrected chi connectivity index (χ0v) is 19.2. The largest absolute Gasteiger partial charge is 0.497 e. The number of methoxy groups -OCH3 is 1. The van der Waals surface area contributed by atoms with E-state index in [1.165, 1.54) is 5.69 Å². The van der Waals surface area contributed by atoms with E-state index in [-0.39, 0.29) is 35.1 Å². The predicted octanol–water partition coefficient (Wildman–Crippen LogP) is 3.23. The molecule has 170 valence electrons. The van der Waals surface area contributed by atoms with Crippen LogP contribution in [0.25, 0.3) is 0 Å². The van der Waals surface area contributed by atoms with Crippen LogP contribution in [0.1, 0.15) is 26.7 Å². The van der Waals surface area contributed by atoms with E-state index in [4.69, 9.17) is 9.47 Å². The molecular weight excluding hydrogens is 404 g/mol. The number of ketones is 1. The van der Waals surface area contributed by atoms with Crippen LogP contribution in [0.3, 0.4) is 0 Å². The van der Waals surface area contributed by atoms with Crippen molar-refractivity contribution in [3.8, 4) is 5.75 Å². The molecule has 4 atom stereocenters. The number of hydrogen-bond donors (Lipinski definition) is 0. The maximum absolute atomic E-state index is 12.9. The molecule has 32 heavy (non-hydrogen) atoms. The number of anilines is 1. The van der Waals surface area contributed by atoms with Gasteiger partial charge in [0.15, 0.2) is 5.78 Å². The molecule has 1 aromatic rings. The number of hydrogen-bond acceptors (Lipinski definition) is 6. The van der Waals surface area contributed by atoms with Crippen molar-refractivity contribution in [2.75, 3.05) is 44.7 Å². The number of fused-ring (bicyclic) bond motifs is 3. The highest BCUT2D eigenvalue weighted by atomic mass is 16.6. The van der Waals surface area contributed by atoms with Gasteiger partial charge in [0.1, 0.15) is 11.9 Å². The molecule has 5 rings (SSSR count). The highest BCUT2D eigenvalue weighted by molar-refractivity contribution is 6.05. The van der Waals surface area contributed by atoms with Gasteiger partial charge in [0, 0.05) is 55.3 Å². The Hall–Kier alpha value is -2.60. The third kappa shape index (κ3) is 3.54. The summed E-state index contributed by atoms with van der Waals surface area (Å²) in [6, 6.07) is 8.19. The fourth-order valence-electron chi connectivity index (χ4n) is 6.04. The number of carbonyl (C=O) groups excluding carboxylic acids is 2. The summed E-state index contributed by atoms with van der Waals surface area (Å²) in [5.41, 5.74) is 2.85. The Morgan fingerprint density at radius 2 is 1.84 bits per heavy atom. The topological polar surface area (TPSA) is 59.1 Å². The van der Waals surface area contributed by atoms with Crippen LogP contribution in [0, 0.1) is 17.3 Å². The molecule has 0 amide bonds. The Kier molecular flexibility index (Phi) is 5.36.